The van der Waals surface area contributed by atoms with E-state index in [1.54, 1.807) is 0 Å². The lowest BCUT2D eigenvalue weighted by Crippen LogP contribution is -2.61. The maximum absolute atomic E-state index is 6.39. The Bertz CT molecular complexity index is 3730. The molecular formula is C66H43BN2O. The molecule has 0 bridgehead atoms. The molecule has 4 heteroatoms. The second kappa shape index (κ2) is 16.3. The molecule has 0 fully saturated rings. The van der Waals surface area contributed by atoms with Gasteiger partial charge in [0.2, 0.25) is 0 Å². The molecule has 0 amide bonds. The smallest absolute Gasteiger partial charge is 0.252 e. The SMILES string of the molecule is c1ccc(-c2ccc(N3c4cc(-c5ccccc5)ccc4B4c5ccc(-c6ccccc6)cc5N(c5ccc(-c6ccccc6)cc5)c5cc(-c6ccc7oc8ccccc8c7c6)cc3c54)cc2)cc1. The van der Waals surface area contributed by atoms with Crippen molar-refractivity contribution in [3.63, 3.8) is 0 Å². The van der Waals surface area contributed by atoms with Gasteiger partial charge in [-0.3, -0.25) is 0 Å². The van der Waals surface area contributed by atoms with E-state index in [0.29, 0.717) is 0 Å². The highest BCUT2D eigenvalue weighted by Crippen LogP contribution is 2.48. The Morgan fingerprint density at radius 3 is 1.10 bits per heavy atom. The molecule has 0 atom stereocenters. The molecule has 0 saturated heterocycles. The summed E-state index contributed by atoms with van der Waals surface area (Å²) in [4.78, 5) is 5.06. The van der Waals surface area contributed by atoms with Gasteiger partial charge in [-0.25, -0.2) is 0 Å². The van der Waals surface area contributed by atoms with Crippen molar-refractivity contribution in [3.8, 4) is 55.6 Å². The summed E-state index contributed by atoms with van der Waals surface area (Å²) in [5, 5.41) is 2.22. The standard InChI is InChI=1S/C66H43BN2O/c1-5-15-44(16-6-1)48-25-32-54(33-26-48)68-60-40-51(46-19-9-3-10-20-46)29-36-58(60)67-59-37-30-52(47-21-11-4-12-22-47)41-61(59)69(55-34-27-49(28-35-55)45-17-7-2-8-18-45)63-43-53(42-62(68)66(63)67)50-31-38-65-57(39-50)56-23-13-14-24-64(56)70-65/h1-43H. The molecular weight excluding hydrogens is 848 g/mol. The molecule has 2 aliphatic rings. The van der Waals surface area contributed by atoms with Crippen molar-refractivity contribution >= 4 is 79.2 Å². The van der Waals surface area contributed by atoms with Crippen LogP contribution in [0.5, 0.6) is 0 Å². The van der Waals surface area contributed by atoms with Crippen LogP contribution in [0, 0.1) is 0 Å². The molecule has 326 valence electrons. The third-order valence-corrected chi connectivity index (χ3v) is 14.5. The Balaban J connectivity index is 1.06. The number of hydrogen-bond acceptors (Lipinski definition) is 3. The second-order valence-electron chi connectivity index (χ2n) is 18.4. The lowest BCUT2D eigenvalue weighted by atomic mass is 9.33. The normalized spacial score (nSPS) is 12.5. The summed E-state index contributed by atoms with van der Waals surface area (Å²) >= 11 is 0. The zero-order chi connectivity index (χ0) is 46.1. The number of hydrogen-bond donors (Lipinski definition) is 0. The first kappa shape index (κ1) is 40.0. The molecule has 12 aromatic rings. The van der Waals surface area contributed by atoms with Gasteiger partial charge in [-0.05, 0) is 139 Å². The molecule has 0 saturated carbocycles. The summed E-state index contributed by atoms with van der Waals surface area (Å²) in [5.74, 6) is 0. The highest BCUT2D eigenvalue weighted by molar-refractivity contribution is 7.00. The Labute approximate surface area is 407 Å². The largest absolute Gasteiger partial charge is 0.456 e. The van der Waals surface area contributed by atoms with Crippen LogP contribution < -0.4 is 26.2 Å². The van der Waals surface area contributed by atoms with E-state index in [2.05, 4.69) is 265 Å². The molecule has 11 aromatic carbocycles. The molecule has 3 heterocycles. The van der Waals surface area contributed by atoms with Gasteiger partial charge in [0.1, 0.15) is 11.2 Å². The summed E-state index contributed by atoms with van der Waals surface area (Å²) in [6, 6.07) is 95.4. The molecule has 0 spiro atoms. The minimum Gasteiger partial charge on any atom is -0.456 e. The Kier molecular flexibility index (Phi) is 9.31. The first-order valence-corrected chi connectivity index (χ1v) is 24.1. The summed E-state index contributed by atoms with van der Waals surface area (Å²) < 4.78 is 6.39. The minimum absolute atomic E-state index is 0.0568. The average molecular weight is 891 g/mol. The van der Waals surface area contributed by atoms with Gasteiger partial charge in [-0.1, -0.05) is 194 Å². The zero-order valence-electron chi connectivity index (χ0n) is 38.2. The van der Waals surface area contributed by atoms with Crippen molar-refractivity contribution in [1.29, 1.82) is 0 Å². The molecule has 1 aromatic heterocycles. The number of para-hydroxylation sites is 1. The van der Waals surface area contributed by atoms with E-state index in [-0.39, 0.29) is 6.71 Å². The number of benzene rings is 11. The molecule has 2 aliphatic heterocycles. The number of fused-ring (bicyclic) bond motifs is 7. The van der Waals surface area contributed by atoms with Gasteiger partial charge in [-0.2, -0.15) is 0 Å². The third kappa shape index (κ3) is 6.60. The van der Waals surface area contributed by atoms with E-state index in [0.717, 1.165) is 55.8 Å². The monoisotopic (exact) mass is 890 g/mol. The van der Waals surface area contributed by atoms with Crippen LogP contribution in [-0.4, -0.2) is 6.71 Å². The first-order chi connectivity index (χ1) is 34.7. The molecule has 14 rings (SSSR count). The zero-order valence-corrected chi connectivity index (χ0v) is 38.2. The third-order valence-electron chi connectivity index (χ3n) is 14.5. The topological polar surface area (TPSA) is 19.6 Å². The molecule has 0 aliphatic carbocycles. The fourth-order valence-electron chi connectivity index (χ4n) is 11.1. The molecule has 0 radical (unpaired) electrons. The number of furan rings is 1. The van der Waals surface area contributed by atoms with Gasteiger partial charge in [0.25, 0.3) is 6.71 Å². The summed E-state index contributed by atoms with van der Waals surface area (Å²) in [6.45, 7) is -0.0568. The first-order valence-electron chi connectivity index (χ1n) is 24.1. The van der Waals surface area contributed by atoms with Gasteiger partial charge >= 0.3 is 0 Å². The van der Waals surface area contributed by atoms with Crippen LogP contribution in [0.2, 0.25) is 0 Å². The molecule has 0 unspecified atom stereocenters. The van der Waals surface area contributed by atoms with Crippen molar-refractivity contribution in [3.05, 3.63) is 261 Å². The highest BCUT2D eigenvalue weighted by atomic mass is 16.3. The highest BCUT2D eigenvalue weighted by Gasteiger charge is 2.44. The van der Waals surface area contributed by atoms with Crippen molar-refractivity contribution in [2.75, 3.05) is 9.80 Å². The Hall–Kier alpha value is -9.12. The predicted molar refractivity (Wildman–Crippen MR) is 295 cm³/mol. The predicted octanol–water partition coefficient (Wildman–Crippen LogP) is 16.0. The van der Waals surface area contributed by atoms with Crippen molar-refractivity contribution < 1.29 is 4.42 Å². The van der Waals surface area contributed by atoms with Crippen LogP contribution in [0.15, 0.2) is 265 Å². The maximum Gasteiger partial charge on any atom is 0.252 e. The van der Waals surface area contributed by atoms with E-state index in [9.17, 15) is 0 Å². The van der Waals surface area contributed by atoms with E-state index in [1.807, 2.05) is 6.07 Å². The van der Waals surface area contributed by atoms with Gasteiger partial charge in [0, 0.05) is 44.9 Å². The Morgan fingerprint density at radius 2 is 0.614 bits per heavy atom. The van der Waals surface area contributed by atoms with Crippen LogP contribution in [0.4, 0.5) is 34.1 Å². The van der Waals surface area contributed by atoms with E-state index >= 15 is 0 Å². The average Bonchev–Trinajstić information content (AvgIpc) is 3.82. The van der Waals surface area contributed by atoms with E-state index in [1.165, 1.54) is 72.3 Å². The van der Waals surface area contributed by atoms with Crippen LogP contribution in [0.3, 0.4) is 0 Å². The van der Waals surface area contributed by atoms with Crippen molar-refractivity contribution in [2.24, 2.45) is 0 Å². The Morgan fingerprint density at radius 1 is 0.257 bits per heavy atom. The van der Waals surface area contributed by atoms with Crippen LogP contribution >= 0.6 is 0 Å². The fraction of sp³-hybridized carbons (Fsp3) is 0. The maximum atomic E-state index is 6.39. The number of nitrogens with zero attached hydrogens (tertiary/aromatic N) is 2. The molecule has 3 nitrogen and oxygen atoms in total. The number of anilines is 6. The molecule has 0 N–H and O–H groups in total. The van der Waals surface area contributed by atoms with E-state index in [4.69, 9.17) is 4.42 Å². The lowest BCUT2D eigenvalue weighted by molar-refractivity contribution is 0.669. The summed E-state index contributed by atoms with van der Waals surface area (Å²) in [6.07, 6.45) is 0. The van der Waals surface area contributed by atoms with Crippen molar-refractivity contribution in [2.45, 2.75) is 0 Å². The fourth-order valence-corrected chi connectivity index (χ4v) is 11.1. The van der Waals surface area contributed by atoms with Gasteiger partial charge < -0.3 is 14.2 Å². The quantitative estimate of drug-likeness (QED) is 0.149. The lowest BCUT2D eigenvalue weighted by Gasteiger charge is -2.44. The van der Waals surface area contributed by atoms with Crippen LogP contribution in [0.25, 0.3) is 77.6 Å². The summed E-state index contributed by atoms with van der Waals surface area (Å²) in [5.41, 5.74) is 24.2. The number of rotatable bonds is 7. The molecule has 70 heavy (non-hydrogen) atoms. The summed E-state index contributed by atoms with van der Waals surface area (Å²) in [7, 11) is 0. The van der Waals surface area contributed by atoms with Crippen LogP contribution in [-0.2, 0) is 0 Å². The minimum atomic E-state index is -0.0568. The van der Waals surface area contributed by atoms with Crippen LogP contribution in [0.1, 0.15) is 0 Å². The van der Waals surface area contributed by atoms with Gasteiger partial charge in [-0.15, -0.1) is 0 Å². The van der Waals surface area contributed by atoms with Gasteiger partial charge in [0.05, 0.1) is 0 Å². The van der Waals surface area contributed by atoms with Gasteiger partial charge in [0.15, 0.2) is 0 Å². The van der Waals surface area contributed by atoms with Crippen molar-refractivity contribution in [1.82, 2.24) is 0 Å². The second-order valence-corrected chi connectivity index (χ2v) is 18.4. The van der Waals surface area contributed by atoms with E-state index < -0.39 is 0 Å².